The maximum atomic E-state index is 13.5. The molecule has 0 bridgehead atoms. The fraction of sp³-hybridized carbons (Fsp3) is 0.259. The average molecular weight is 543 g/mol. The van der Waals surface area contributed by atoms with E-state index in [1.54, 1.807) is 37.3 Å². The van der Waals surface area contributed by atoms with Crippen molar-refractivity contribution in [3.8, 4) is 17.2 Å². The van der Waals surface area contributed by atoms with Crippen LogP contribution in [-0.2, 0) is 26.0 Å². The number of hydrogen-bond acceptors (Lipinski definition) is 8. The van der Waals surface area contributed by atoms with Crippen molar-refractivity contribution >= 4 is 27.6 Å². The third-order valence-electron chi connectivity index (χ3n) is 5.76. The van der Waals surface area contributed by atoms with Crippen molar-refractivity contribution < 1.29 is 37.0 Å². The molecular weight excluding hydrogens is 512 g/mol. The predicted molar refractivity (Wildman–Crippen MR) is 142 cm³/mol. The van der Waals surface area contributed by atoms with Crippen LogP contribution in [0.4, 0.5) is 5.69 Å². The summed E-state index contributed by atoms with van der Waals surface area (Å²) < 4.78 is 49.7. The van der Waals surface area contributed by atoms with E-state index in [4.69, 9.17) is 18.9 Å². The molecule has 0 aliphatic rings. The molecule has 1 amide bonds. The summed E-state index contributed by atoms with van der Waals surface area (Å²) in [5.74, 6) is -0.381. The Morgan fingerprint density at radius 3 is 2.05 bits per heavy atom. The highest BCUT2D eigenvalue weighted by Crippen LogP contribution is 2.34. The molecule has 11 heteroatoms. The van der Waals surface area contributed by atoms with Crippen molar-refractivity contribution in [1.82, 2.24) is 4.72 Å². The number of carbonyl (C=O) groups is 2. The Morgan fingerprint density at radius 2 is 1.47 bits per heavy atom. The molecule has 38 heavy (non-hydrogen) atoms. The largest absolute Gasteiger partial charge is 0.496 e. The van der Waals surface area contributed by atoms with E-state index in [0.29, 0.717) is 11.3 Å². The predicted octanol–water partition coefficient (Wildman–Crippen LogP) is 3.34. The van der Waals surface area contributed by atoms with Crippen molar-refractivity contribution in [3.63, 3.8) is 0 Å². The number of ether oxygens (including phenoxy) is 4. The fourth-order valence-electron chi connectivity index (χ4n) is 3.79. The quantitative estimate of drug-likeness (QED) is 0.353. The second kappa shape index (κ2) is 12.4. The van der Waals surface area contributed by atoms with Gasteiger partial charge in [0.05, 0.1) is 44.6 Å². The lowest BCUT2D eigenvalue weighted by Gasteiger charge is -2.21. The van der Waals surface area contributed by atoms with Gasteiger partial charge < -0.3 is 24.3 Å². The van der Waals surface area contributed by atoms with Crippen LogP contribution in [-0.4, -0.2) is 54.8 Å². The summed E-state index contributed by atoms with van der Waals surface area (Å²) in [6.07, 6.45) is 0.0435. The maximum absolute atomic E-state index is 13.5. The SMILES string of the molecule is COC(=O)c1cc(OC)c(OC)cc1NC(=O)C(Cc1ccccc1)NS(=O)(=O)c1ccc(OC)c(C)c1. The molecule has 0 heterocycles. The first kappa shape index (κ1) is 28.5. The minimum absolute atomic E-state index is 0.00518. The number of aryl methyl sites for hydroxylation is 1. The van der Waals surface area contributed by atoms with E-state index >= 15 is 0 Å². The van der Waals surface area contributed by atoms with Crippen molar-refractivity contribution in [2.45, 2.75) is 24.3 Å². The van der Waals surface area contributed by atoms with Crippen LogP contribution in [0.25, 0.3) is 0 Å². The summed E-state index contributed by atoms with van der Waals surface area (Å²) >= 11 is 0. The Kier molecular flexibility index (Phi) is 9.32. The number of hydrogen-bond donors (Lipinski definition) is 2. The minimum Gasteiger partial charge on any atom is -0.496 e. The first-order chi connectivity index (χ1) is 18.1. The topological polar surface area (TPSA) is 129 Å². The highest BCUT2D eigenvalue weighted by Gasteiger charge is 2.28. The van der Waals surface area contributed by atoms with Crippen LogP contribution < -0.4 is 24.2 Å². The summed E-state index contributed by atoms with van der Waals surface area (Å²) in [7, 11) is 1.38. The lowest BCUT2D eigenvalue weighted by molar-refractivity contribution is -0.117. The number of anilines is 1. The number of amides is 1. The third-order valence-corrected chi connectivity index (χ3v) is 7.23. The maximum Gasteiger partial charge on any atom is 0.340 e. The van der Waals surface area contributed by atoms with Gasteiger partial charge in [-0.05, 0) is 42.7 Å². The molecule has 0 aliphatic heterocycles. The third kappa shape index (κ3) is 6.61. The molecule has 0 aromatic heterocycles. The number of methoxy groups -OCH3 is 4. The van der Waals surface area contributed by atoms with Crippen LogP contribution in [0.3, 0.4) is 0 Å². The second-order valence-corrected chi connectivity index (χ2v) is 9.94. The normalized spacial score (nSPS) is 11.8. The molecule has 3 rings (SSSR count). The van der Waals surface area contributed by atoms with Crippen LogP contribution in [0.1, 0.15) is 21.5 Å². The van der Waals surface area contributed by atoms with Gasteiger partial charge in [0.2, 0.25) is 15.9 Å². The molecule has 0 fully saturated rings. The zero-order chi connectivity index (χ0) is 27.9. The molecule has 1 atom stereocenters. The molecule has 10 nitrogen and oxygen atoms in total. The number of benzene rings is 3. The van der Waals surface area contributed by atoms with Crippen LogP contribution in [0, 0.1) is 6.92 Å². The lowest BCUT2D eigenvalue weighted by Crippen LogP contribution is -2.45. The zero-order valence-corrected chi connectivity index (χ0v) is 22.5. The van der Waals surface area contributed by atoms with Gasteiger partial charge >= 0.3 is 5.97 Å². The van der Waals surface area contributed by atoms with E-state index < -0.39 is 27.9 Å². The smallest absolute Gasteiger partial charge is 0.340 e. The molecular formula is C27H30N2O8S. The number of nitrogens with one attached hydrogen (secondary N) is 2. The van der Waals surface area contributed by atoms with E-state index in [9.17, 15) is 18.0 Å². The first-order valence-electron chi connectivity index (χ1n) is 11.5. The van der Waals surface area contributed by atoms with Gasteiger partial charge in [0.15, 0.2) is 11.5 Å². The van der Waals surface area contributed by atoms with Crippen molar-refractivity contribution in [2.75, 3.05) is 33.8 Å². The van der Waals surface area contributed by atoms with Gasteiger partial charge in [-0.25, -0.2) is 13.2 Å². The average Bonchev–Trinajstić information content (AvgIpc) is 2.92. The molecule has 0 spiro atoms. The van der Waals surface area contributed by atoms with E-state index in [0.717, 1.165) is 5.56 Å². The van der Waals surface area contributed by atoms with Crippen molar-refractivity contribution in [3.05, 3.63) is 77.4 Å². The van der Waals surface area contributed by atoms with Crippen molar-refractivity contribution in [1.29, 1.82) is 0 Å². The highest BCUT2D eigenvalue weighted by atomic mass is 32.2. The van der Waals surface area contributed by atoms with E-state index in [1.165, 1.54) is 52.7 Å². The molecule has 2 N–H and O–H groups in total. The summed E-state index contributed by atoms with van der Waals surface area (Å²) in [6.45, 7) is 1.72. The van der Waals surface area contributed by atoms with Crippen LogP contribution in [0.15, 0.2) is 65.6 Å². The Morgan fingerprint density at radius 1 is 0.842 bits per heavy atom. The molecule has 0 aliphatic carbocycles. The summed E-state index contributed by atoms with van der Waals surface area (Å²) in [4.78, 5) is 26.0. The van der Waals surface area contributed by atoms with Gasteiger partial charge in [-0.1, -0.05) is 30.3 Å². The van der Waals surface area contributed by atoms with Gasteiger partial charge in [-0.3, -0.25) is 4.79 Å². The highest BCUT2D eigenvalue weighted by molar-refractivity contribution is 7.89. The summed E-state index contributed by atoms with van der Waals surface area (Å²) in [6, 6.07) is 14.9. The Bertz CT molecular complexity index is 1410. The second-order valence-electron chi connectivity index (χ2n) is 8.23. The number of sulfonamides is 1. The first-order valence-corrected chi connectivity index (χ1v) is 13.0. The monoisotopic (exact) mass is 542 g/mol. The van der Waals surface area contributed by atoms with E-state index in [1.807, 2.05) is 6.07 Å². The molecule has 3 aromatic rings. The standard InChI is InChI=1S/C27H30N2O8S/c1-17-13-19(11-12-23(17)34-2)38(32,33)29-22(14-18-9-7-6-8-10-18)26(30)28-21-16-25(36-4)24(35-3)15-20(21)27(31)37-5/h6-13,15-16,22,29H,14H2,1-5H3,(H,28,30). The molecule has 1 unspecified atom stereocenters. The van der Waals surface area contributed by atoms with E-state index in [2.05, 4.69) is 10.0 Å². The van der Waals surface area contributed by atoms with Crippen LogP contribution in [0.2, 0.25) is 0 Å². The lowest BCUT2D eigenvalue weighted by atomic mass is 10.1. The van der Waals surface area contributed by atoms with Gasteiger partial charge in [0.25, 0.3) is 0 Å². The molecule has 3 aromatic carbocycles. The molecule has 0 saturated carbocycles. The summed E-state index contributed by atoms with van der Waals surface area (Å²) in [5, 5.41) is 2.65. The van der Waals surface area contributed by atoms with Gasteiger partial charge in [0.1, 0.15) is 11.8 Å². The number of carbonyl (C=O) groups excluding carboxylic acids is 2. The van der Waals surface area contributed by atoms with E-state index in [-0.39, 0.29) is 34.1 Å². The molecule has 0 radical (unpaired) electrons. The molecule has 0 saturated heterocycles. The Hall–Kier alpha value is -4.09. The van der Waals surface area contributed by atoms with Gasteiger partial charge in [-0.15, -0.1) is 0 Å². The minimum atomic E-state index is -4.12. The number of esters is 1. The fourth-order valence-corrected chi connectivity index (χ4v) is 5.07. The molecule has 202 valence electrons. The Balaban J connectivity index is 2.00. The van der Waals surface area contributed by atoms with Crippen molar-refractivity contribution in [2.24, 2.45) is 0 Å². The van der Waals surface area contributed by atoms with Gasteiger partial charge in [0, 0.05) is 12.1 Å². The van der Waals surface area contributed by atoms with Gasteiger partial charge in [-0.2, -0.15) is 4.72 Å². The number of rotatable bonds is 11. The zero-order valence-electron chi connectivity index (χ0n) is 21.7. The van der Waals surface area contributed by atoms with Crippen LogP contribution >= 0.6 is 0 Å². The van der Waals surface area contributed by atoms with Crippen LogP contribution in [0.5, 0.6) is 17.2 Å². The summed E-state index contributed by atoms with van der Waals surface area (Å²) in [5.41, 5.74) is 1.41. The Labute approximate surface area is 221 Å².